The molecule has 0 aliphatic heterocycles. The van der Waals surface area contributed by atoms with Crippen molar-refractivity contribution in [1.82, 2.24) is 9.55 Å². The summed E-state index contributed by atoms with van der Waals surface area (Å²) in [7, 11) is 0. The fourth-order valence-electron chi connectivity index (χ4n) is 2.12. The van der Waals surface area contributed by atoms with E-state index in [0.29, 0.717) is 16.7 Å². The Bertz CT molecular complexity index is 871. The van der Waals surface area contributed by atoms with Crippen molar-refractivity contribution in [2.24, 2.45) is 0 Å². The molecule has 20 heavy (non-hydrogen) atoms. The second kappa shape index (κ2) is 4.67. The van der Waals surface area contributed by atoms with Crippen molar-refractivity contribution in [3.63, 3.8) is 0 Å². The number of rotatable bonds is 2. The quantitative estimate of drug-likeness (QED) is 0.712. The summed E-state index contributed by atoms with van der Waals surface area (Å²) in [5.74, 6) is 0.696. The van der Waals surface area contributed by atoms with E-state index in [4.69, 9.17) is 4.42 Å². The Morgan fingerprint density at radius 3 is 2.95 bits per heavy atom. The maximum absolute atomic E-state index is 12.5. The zero-order valence-electron chi connectivity index (χ0n) is 10.8. The molecule has 5 heteroatoms. The molecule has 5 nitrogen and oxygen atoms in total. The van der Waals surface area contributed by atoms with Crippen LogP contribution in [0.3, 0.4) is 0 Å². The van der Waals surface area contributed by atoms with Crippen LogP contribution in [0.15, 0.2) is 45.8 Å². The number of benzene rings is 1. The minimum atomic E-state index is -0.233. The average molecular weight is 265 g/mol. The van der Waals surface area contributed by atoms with Crippen LogP contribution in [0.25, 0.3) is 10.9 Å². The summed E-state index contributed by atoms with van der Waals surface area (Å²) in [6.07, 6.45) is 1.53. The van der Waals surface area contributed by atoms with Gasteiger partial charge >= 0.3 is 0 Å². The molecule has 3 rings (SSSR count). The SMILES string of the molecule is Cc1ccc2c(=O)n(Cc3ccco3)c(C#N)nc2c1. The lowest BCUT2D eigenvalue weighted by atomic mass is 10.2. The number of furan rings is 1. The van der Waals surface area contributed by atoms with Crippen LogP contribution in [0.1, 0.15) is 17.1 Å². The summed E-state index contributed by atoms with van der Waals surface area (Å²) in [5.41, 5.74) is 1.31. The second-order valence-corrected chi connectivity index (χ2v) is 4.54. The molecular weight excluding hydrogens is 254 g/mol. The molecule has 0 fully saturated rings. The van der Waals surface area contributed by atoms with Crippen LogP contribution >= 0.6 is 0 Å². The maximum Gasteiger partial charge on any atom is 0.262 e. The van der Waals surface area contributed by atoms with Crippen LogP contribution in [0.4, 0.5) is 0 Å². The lowest BCUT2D eigenvalue weighted by Crippen LogP contribution is -2.24. The molecule has 0 radical (unpaired) electrons. The predicted molar refractivity (Wildman–Crippen MR) is 73.3 cm³/mol. The molecule has 2 heterocycles. The van der Waals surface area contributed by atoms with Gasteiger partial charge in [0.05, 0.1) is 23.7 Å². The highest BCUT2D eigenvalue weighted by molar-refractivity contribution is 5.78. The predicted octanol–water partition coefficient (Wildman–Crippen LogP) is 2.22. The van der Waals surface area contributed by atoms with Crippen LogP contribution in [0.2, 0.25) is 0 Å². The molecule has 0 N–H and O–H groups in total. The number of nitrogens with zero attached hydrogens (tertiary/aromatic N) is 3. The van der Waals surface area contributed by atoms with E-state index in [1.54, 1.807) is 24.3 Å². The summed E-state index contributed by atoms with van der Waals surface area (Å²) in [5, 5.41) is 9.70. The van der Waals surface area contributed by atoms with Gasteiger partial charge < -0.3 is 4.42 Å². The maximum atomic E-state index is 12.5. The molecule has 0 aliphatic rings. The van der Waals surface area contributed by atoms with Crippen LogP contribution in [0, 0.1) is 18.3 Å². The Morgan fingerprint density at radius 2 is 2.25 bits per heavy atom. The molecule has 0 saturated carbocycles. The second-order valence-electron chi connectivity index (χ2n) is 4.54. The van der Waals surface area contributed by atoms with Crippen molar-refractivity contribution >= 4 is 10.9 Å². The number of fused-ring (bicyclic) bond motifs is 1. The molecule has 0 saturated heterocycles. The van der Waals surface area contributed by atoms with Gasteiger partial charge in [-0.05, 0) is 36.8 Å². The molecule has 0 atom stereocenters. The Hall–Kier alpha value is -2.87. The van der Waals surface area contributed by atoms with Crippen LogP contribution in [0.5, 0.6) is 0 Å². The Kier molecular flexibility index (Phi) is 2.84. The highest BCUT2D eigenvalue weighted by Gasteiger charge is 2.12. The van der Waals surface area contributed by atoms with Crippen molar-refractivity contribution in [2.45, 2.75) is 13.5 Å². The van der Waals surface area contributed by atoms with Gasteiger partial charge in [-0.15, -0.1) is 0 Å². The minimum Gasteiger partial charge on any atom is -0.467 e. The molecule has 1 aromatic carbocycles. The Balaban J connectivity index is 2.26. The molecule has 3 aromatic rings. The molecular formula is C15H11N3O2. The van der Waals surface area contributed by atoms with Gasteiger partial charge in [-0.25, -0.2) is 4.98 Å². The first-order valence-corrected chi connectivity index (χ1v) is 6.13. The standard InChI is InChI=1S/C15H11N3O2/c1-10-4-5-12-13(7-10)17-14(8-16)18(15(12)19)9-11-3-2-6-20-11/h2-7H,9H2,1H3. The monoisotopic (exact) mass is 265 g/mol. The molecule has 0 unspecified atom stereocenters. The van der Waals surface area contributed by atoms with Gasteiger partial charge in [-0.3, -0.25) is 9.36 Å². The Morgan fingerprint density at radius 1 is 1.40 bits per heavy atom. The van der Waals surface area contributed by atoms with Crippen molar-refractivity contribution in [3.05, 3.63) is 64.1 Å². The van der Waals surface area contributed by atoms with E-state index in [9.17, 15) is 10.1 Å². The van der Waals surface area contributed by atoms with E-state index in [2.05, 4.69) is 4.98 Å². The fourth-order valence-corrected chi connectivity index (χ4v) is 2.12. The van der Waals surface area contributed by atoms with Crippen LogP contribution in [-0.4, -0.2) is 9.55 Å². The number of aryl methyl sites for hydroxylation is 1. The lowest BCUT2D eigenvalue weighted by Gasteiger charge is -2.08. The van der Waals surface area contributed by atoms with E-state index in [1.165, 1.54) is 10.8 Å². The zero-order chi connectivity index (χ0) is 14.1. The van der Waals surface area contributed by atoms with E-state index >= 15 is 0 Å². The number of hydrogen-bond acceptors (Lipinski definition) is 4. The van der Waals surface area contributed by atoms with Crippen molar-refractivity contribution < 1.29 is 4.42 Å². The molecule has 0 spiro atoms. The molecule has 2 aromatic heterocycles. The Labute approximate surface area is 114 Å². The van der Waals surface area contributed by atoms with Gasteiger partial charge in [0.15, 0.2) is 0 Å². The third-order valence-electron chi connectivity index (χ3n) is 3.10. The number of nitriles is 1. The van der Waals surface area contributed by atoms with Gasteiger partial charge in [0, 0.05) is 0 Å². The molecule has 0 aliphatic carbocycles. The molecule has 98 valence electrons. The summed E-state index contributed by atoms with van der Waals surface area (Å²) in [6, 6.07) is 10.9. The summed E-state index contributed by atoms with van der Waals surface area (Å²) in [6.45, 7) is 2.12. The van der Waals surface area contributed by atoms with Gasteiger partial charge in [0.2, 0.25) is 5.82 Å². The number of aromatic nitrogens is 2. The summed E-state index contributed by atoms with van der Waals surface area (Å²) < 4.78 is 6.56. The highest BCUT2D eigenvalue weighted by Crippen LogP contribution is 2.12. The zero-order valence-corrected chi connectivity index (χ0v) is 10.8. The summed E-state index contributed by atoms with van der Waals surface area (Å²) >= 11 is 0. The normalized spacial score (nSPS) is 10.6. The summed E-state index contributed by atoms with van der Waals surface area (Å²) in [4.78, 5) is 16.7. The van der Waals surface area contributed by atoms with Crippen molar-refractivity contribution in [2.75, 3.05) is 0 Å². The third-order valence-corrected chi connectivity index (χ3v) is 3.10. The largest absolute Gasteiger partial charge is 0.467 e. The first kappa shape index (κ1) is 12.2. The first-order valence-electron chi connectivity index (χ1n) is 6.13. The van der Waals surface area contributed by atoms with Crippen LogP contribution < -0.4 is 5.56 Å². The molecule has 0 amide bonds. The molecule has 0 bridgehead atoms. The average Bonchev–Trinajstić information content (AvgIpc) is 2.94. The highest BCUT2D eigenvalue weighted by atomic mass is 16.3. The van der Waals surface area contributed by atoms with E-state index < -0.39 is 0 Å². The van der Waals surface area contributed by atoms with Gasteiger partial charge in [0.25, 0.3) is 5.56 Å². The van der Waals surface area contributed by atoms with E-state index in [-0.39, 0.29) is 17.9 Å². The topological polar surface area (TPSA) is 71.8 Å². The first-order chi connectivity index (χ1) is 9.69. The van der Waals surface area contributed by atoms with Crippen molar-refractivity contribution in [3.8, 4) is 6.07 Å². The van der Waals surface area contributed by atoms with Gasteiger partial charge in [-0.1, -0.05) is 6.07 Å². The smallest absolute Gasteiger partial charge is 0.262 e. The third kappa shape index (κ3) is 1.97. The number of hydrogen-bond donors (Lipinski definition) is 0. The minimum absolute atomic E-state index is 0.0875. The van der Waals surface area contributed by atoms with Gasteiger partial charge in [0.1, 0.15) is 11.8 Å². The van der Waals surface area contributed by atoms with E-state index in [1.807, 2.05) is 19.1 Å². The van der Waals surface area contributed by atoms with Crippen LogP contribution in [-0.2, 0) is 6.54 Å². The van der Waals surface area contributed by atoms with Gasteiger partial charge in [-0.2, -0.15) is 5.26 Å². The van der Waals surface area contributed by atoms with Crippen molar-refractivity contribution in [1.29, 1.82) is 5.26 Å². The van der Waals surface area contributed by atoms with E-state index in [0.717, 1.165) is 5.56 Å². The lowest BCUT2D eigenvalue weighted by molar-refractivity contribution is 0.487. The fraction of sp³-hybridized carbons (Fsp3) is 0.133.